The summed E-state index contributed by atoms with van der Waals surface area (Å²) in [4.78, 5) is 4.33. The maximum Gasteiger partial charge on any atom is 3.00 e. The van der Waals surface area contributed by atoms with E-state index in [4.69, 9.17) is 143 Å². The molecular formula is C36H68B2Cl2Fe2N26Ni2O14. The molecule has 0 aliphatic heterocycles. The summed E-state index contributed by atoms with van der Waals surface area (Å²) in [5.74, 6) is 0. The number of hydrogen-bond donors (Lipinski definition) is 6. The van der Waals surface area contributed by atoms with Crippen molar-refractivity contribution in [2.45, 2.75) is 0 Å². The van der Waals surface area contributed by atoms with Crippen molar-refractivity contribution in [3.8, 4) is 0 Å². The average Bonchev–Trinajstić information content (AvgIpc) is 4.25. The van der Waals surface area contributed by atoms with Crippen LogP contribution in [0, 0.1) is 91.5 Å². The molecule has 0 unspecified atom stereocenters. The van der Waals surface area contributed by atoms with Crippen molar-refractivity contribution in [2.24, 2.45) is 34.4 Å². The molecule has 0 aliphatic carbocycles. The Bertz CT molecular complexity index is 1760. The molecule has 0 amide bonds. The quantitative estimate of drug-likeness (QED) is 0.0344. The summed E-state index contributed by atoms with van der Waals surface area (Å²) in [6.45, 7) is 38.0. The molecule has 6 rings (SSSR count). The number of aromatic nitrogens is 12. The van der Waals surface area contributed by atoms with Gasteiger partial charge in [-0.05, 0) is 73.6 Å². The van der Waals surface area contributed by atoms with E-state index >= 15 is 0 Å². The molecule has 6 aromatic rings. The summed E-state index contributed by atoms with van der Waals surface area (Å²) in [5, 5.41) is 63.1. The van der Waals surface area contributed by atoms with Gasteiger partial charge in [-0.3, -0.25) is 9.80 Å². The van der Waals surface area contributed by atoms with Crippen LogP contribution in [0.4, 0.5) is 0 Å². The molecular weight excluding hydrogens is 1340 g/mol. The predicted molar refractivity (Wildman–Crippen MR) is 259 cm³/mol. The van der Waals surface area contributed by atoms with Crippen molar-refractivity contribution in [1.82, 2.24) is 67.9 Å². The monoisotopic (exact) mass is 1410 g/mol. The van der Waals surface area contributed by atoms with Gasteiger partial charge in [0.25, 0.3) is 0 Å². The van der Waals surface area contributed by atoms with Crippen LogP contribution in [-0.2, 0) is 67.1 Å². The molecule has 0 fully saturated rings. The second-order valence-corrected chi connectivity index (χ2v) is 13.8. The van der Waals surface area contributed by atoms with E-state index in [9.17, 15) is 0 Å². The normalized spacial score (nSPS) is 8.36. The fourth-order valence-corrected chi connectivity index (χ4v) is 5.46. The Morgan fingerprint density at radius 1 is 0.345 bits per heavy atom. The third kappa shape index (κ3) is 70.3. The summed E-state index contributed by atoms with van der Waals surface area (Å²) < 4.78 is 79.2. The Morgan fingerprint density at radius 2 is 0.452 bits per heavy atom. The van der Waals surface area contributed by atoms with E-state index in [1.165, 1.54) is 0 Å². The van der Waals surface area contributed by atoms with Crippen molar-refractivity contribution in [2.75, 3.05) is 78.5 Å². The minimum atomic E-state index is -4.94. The molecule has 0 aromatic carbocycles. The SMILES string of the molecule is NCCN(CCN)CCN.NCCN(CCN)CCN.O.O.O.O.O.O.[C-]#N.[C-]#N.[C-]#N.[C-]#N.[C-]#N.[C-]#N.[Fe+2].[Fe+3].[Ni+2].[Ni+3].[O-][Cl+3]([O-])([O-])[O-].[O-][Cl+3]([O-])([O-])[O-].c1cnn([BH-](n2cccn2)n2cccn2)c1.c1cnn([BH-](n2cccn2)n2cccn2)c1. The van der Waals surface area contributed by atoms with Crippen LogP contribution in [0.1, 0.15) is 0 Å². The number of rotatable bonds is 18. The second-order valence-electron chi connectivity index (χ2n) is 12.3. The summed E-state index contributed by atoms with van der Waals surface area (Å²) in [6, 6.07) is 11.4. The van der Waals surface area contributed by atoms with E-state index < -0.39 is 34.7 Å². The fraction of sp³-hybridized carbons (Fsp3) is 0.333. The standard InChI is InChI=1S/2C9H10BN6.2C6H18N4.6CN.2ClHO4.2Fe.2Ni.6H2O/c2*1-4-11-14(7-1)10(15-8-2-5-12-15)16-9-3-6-13-16;2*7-1-4-10(5-2-8)6-3-9;6*1-2;2*2-1(3,4)5;;;;;;;;;;/h2*1-10H;2*1-9H2;;;;;;;2*(H,2,3,4,5);;;;;6*1H2/q2*-1;;;6*-1;;;+2;+3;+2;+3;;;;;;/p-2. The fourth-order valence-electron chi connectivity index (χ4n) is 5.46. The molecule has 0 saturated heterocycles. The van der Waals surface area contributed by atoms with Crippen LogP contribution in [0.5, 0.6) is 0 Å². The molecule has 0 aliphatic rings. The smallest absolute Gasteiger partial charge is 0.512 e. The summed E-state index contributed by atoms with van der Waals surface area (Å²) in [6.07, 6.45) is 22.1. The van der Waals surface area contributed by atoms with Crippen molar-refractivity contribution in [3.05, 3.63) is 150 Å². The Balaban J connectivity index is -0.0000000460. The first kappa shape index (κ1) is 120. The van der Waals surface area contributed by atoms with Gasteiger partial charge in [-0.1, -0.05) is 0 Å². The van der Waals surface area contributed by atoms with Crippen molar-refractivity contribution >= 4 is 14.2 Å². The van der Waals surface area contributed by atoms with E-state index in [2.05, 4.69) is 40.4 Å². The molecule has 2 radical (unpaired) electrons. The van der Waals surface area contributed by atoms with Gasteiger partial charge in [0.05, 0.1) is 0 Å². The van der Waals surface area contributed by atoms with Gasteiger partial charge < -0.3 is 166 Å². The molecule has 0 saturated carbocycles. The van der Waals surface area contributed by atoms with Crippen LogP contribution >= 0.6 is 0 Å². The van der Waals surface area contributed by atoms with Crippen molar-refractivity contribution in [1.29, 1.82) is 31.6 Å². The Kier molecular flexibility index (Phi) is 123. The van der Waals surface area contributed by atoms with E-state index in [-0.39, 0.29) is 100.0 Å². The van der Waals surface area contributed by atoms with Gasteiger partial charge in [0, 0.05) is 116 Å². The average molecular weight is 1410 g/mol. The molecule has 24 N–H and O–H groups in total. The van der Waals surface area contributed by atoms with Gasteiger partial charge in [0.2, 0.25) is 0 Å². The van der Waals surface area contributed by atoms with Crippen LogP contribution in [0.3, 0.4) is 0 Å². The van der Waals surface area contributed by atoms with E-state index in [1.807, 2.05) is 101 Å². The minimum absolute atomic E-state index is 0. The van der Waals surface area contributed by atoms with Gasteiger partial charge in [-0.2, -0.15) is 0 Å². The van der Waals surface area contributed by atoms with Crippen LogP contribution in [0.15, 0.2) is 111 Å². The van der Waals surface area contributed by atoms with Crippen molar-refractivity contribution in [3.63, 3.8) is 0 Å². The third-order valence-electron chi connectivity index (χ3n) is 7.77. The topological polar surface area (TPSA) is 786 Å². The third-order valence-corrected chi connectivity index (χ3v) is 7.77. The first-order chi connectivity index (χ1) is 35.6. The van der Waals surface area contributed by atoms with Crippen LogP contribution < -0.4 is 71.7 Å². The molecule has 0 spiro atoms. The first-order valence-electron chi connectivity index (χ1n) is 20.1. The molecule has 482 valence electrons. The van der Waals surface area contributed by atoms with E-state index in [0.717, 1.165) is 39.3 Å². The molecule has 0 bridgehead atoms. The van der Waals surface area contributed by atoms with Gasteiger partial charge in [0.15, 0.2) is 0 Å². The Labute approximate surface area is 531 Å². The molecule has 84 heavy (non-hydrogen) atoms. The maximum absolute atomic E-state index is 8.49. The Morgan fingerprint density at radius 3 is 0.524 bits per heavy atom. The number of halogens is 2. The number of nitrogens with zero attached hydrogens (tertiary/aromatic N) is 20. The molecule has 6 aromatic heterocycles. The zero-order valence-electron chi connectivity index (χ0n) is 44.1. The minimum Gasteiger partial charge on any atom is -0.512 e. The number of hydrogen-bond acceptors (Lipinski definition) is 28. The van der Waals surface area contributed by atoms with Crippen molar-refractivity contribution < 1.29 is 158 Å². The largest absolute Gasteiger partial charge is 3.00 e. The van der Waals surface area contributed by atoms with E-state index in [0.29, 0.717) is 39.3 Å². The van der Waals surface area contributed by atoms with Crippen LogP contribution in [0.25, 0.3) is 0 Å². The molecule has 0 atom stereocenters. The zero-order valence-corrected chi connectivity index (χ0v) is 49.8. The Hall–Kier alpha value is -5.94. The summed E-state index contributed by atoms with van der Waals surface area (Å²) in [7, 11) is -12.1. The summed E-state index contributed by atoms with van der Waals surface area (Å²) >= 11 is 0. The van der Waals surface area contributed by atoms with Gasteiger partial charge in [-0.25, -0.2) is 67.9 Å². The van der Waals surface area contributed by atoms with Gasteiger partial charge >= 0.3 is 81.4 Å². The van der Waals surface area contributed by atoms with E-state index in [1.54, 1.807) is 37.2 Å². The van der Waals surface area contributed by atoms with Crippen LogP contribution in [0.2, 0.25) is 0 Å². The molecule has 48 heteroatoms. The van der Waals surface area contributed by atoms with Gasteiger partial charge in [-0.15, -0.1) is 20.5 Å². The van der Waals surface area contributed by atoms with Crippen LogP contribution in [-0.4, -0.2) is 194 Å². The van der Waals surface area contributed by atoms with Gasteiger partial charge in [0.1, 0.15) is 0 Å². The summed E-state index contributed by atoms with van der Waals surface area (Å²) in [5.41, 5.74) is 32.2. The number of nitrogens with two attached hydrogens (primary N) is 6. The zero-order chi connectivity index (χ0) is 58.2. The second kappa shape index (κ2) is 85.8. The predicted octanol–water partition coefficient (Wildman–Crippen LogP) is -17.7. The first-order valence-corrected chi connectivity index (χ1v) is 22.6. The molecule has 6 heterocycles. The molecule has 40 nitrogen and oxygen atoms in total. The maximum atomic E-state index is 8.49.